The second-order valence-electron chi connectivity index (χ2n) is 7.79. The van der Waals surface area contributed by atoms with Gasteiger partial charge in [-0.25, -0.2) is 4.79 Å². The number of amides is 4. The molecule has 3 aliphatic heterocycles. The molecule has 2 fully saturated rings. The fourth-order valence-corrected chi connectivity index (χ4v) is 4.96. The molecule has 148 valence electrons. The molecular formula is C19H22N4O5. The molecule has 9 heteroatoms. The molecule has 0 aliphatic carbocycles. The first-order valence-electron chi connectivity index (χ1n) is 9.43. The van der Waals surface area contributed by atoms with E-state index in [1.54, 1.807) is 6.07 Å². The Bertz CT molecular complexity index is 874. The molecule has 0 bridgehead atoms. The van der Waals surface area contributed by atoms with Gasteiger partial charge in [-0.1, -0.05) is 12.8 Å². The standard InChI is InChI=1S/C19H22N4O5/c1-20-16(24)19(17(25)21(2)18(20)26)11-12-10-13(23(27)28)7-8-14(12)22-9-5-3-4-6-15(19)22/h7-8,10,15H,3-6,9,11H2,1-2H3/t15-/m1/s1. The number of benzene rings is 1. The van der Waals surface area contributed by atoms with Gasteiger partial charge in [-0.3, -0.25) is 29.5 Å². The van der Waals surface area contributed by atoms with Crippen molar-refractivity contribution >= 4 is 29.2 Å². The molecule has 28 heavy (non-hydrogen) atoms. The van der Waals surface area contributed by atoms with Crippen LogP contribution in [0.2, 0.25) is 0 Å². The summed E-state index contributed by atoms with van der Waals surface area (Å²) in [5, 5.41) is 11.3. The van der Waals surface area contributed by atoms with Crippen LogP contribution >= 0.6 is 0 Å². The largest absolute Gasteiger partial charge is 0.367 e. The minimum Gasteiger partial charge on any atom is -0.367 e. The van der Waals surface area contributed by atoms with Crippen molar-refractivity contribution in [2.75, 3.05) is 25.5 Å². The Morgan fingerprint density at radius 1 is 1.07 bits per heavy atom. The number of fused-ring (bicyclic) bond motifs is 4. The lowest BCUT2D eigenvalue weighted by molar-refractivity contribution is -0.384. The number of hydrogen-bond acceptors (Lipinski definition) is 6. The van der Waals surface area contributed by atoms with Crippen molar-refractivity contribution in [3.63, 3.8) is 0 Å². The summed E-state index contributed by atoms with van der Waals surface area (Å²) in [6.45, 7) is 0.666. The van der Waals surface area contributed by atoms with E-state index in [4.69, 9.17) is 0 Å². The average molecular weight is 386 g/mol. The maximum absolute atomic E-state index is 13.4. The third-order valence-corrected chi connectivity index (χ3v) is 6.32. The number of nitro benzene ring substituents is 1. The molecule has 1 aromatic carbocycles. The van der Waals surface area contributed by atoms with Gasteiger partial charge in [-0.05, 0) is 24.5 Å². The Labute approximate surface area is 162 Å². The lowest BCUT2D eigenvalue weighted by Crippen LogP contribution is -2.71. The van der Waals surface area contributed by atoms with Crippen LogP contribution in [0, 0.1) is 15.5 Å². The van der Waals surface area contributed by atoms with Crippen LogP contribution in [0.4, 0.5) is 16.2 Å². The number of urea groups is 1. The number of rotatable bonds is 1. The van der Waals surface area contributed by atoms with Crippen molar-refractivity contribution in [2.24, 2.45) is 5.41 Å². The monoisotopic (exact) mass is 386 g/mol. The number of nitrogens with zero attached hydrogens (tertiary/aromatic N) is 4. The topological polar surface area (TPSA) is 104 Å². The van der Waals surface area contributed by atoms with Gasteiger partial charge in [-0.15, -0.1) is 0 Å². The number of barbiturate groups is 1. The Hall–Kier alpha value is -2.97. The maximum atomic E-state index is 13.4. The predicted molar refractivity (Wildman–Crippen MR) is 99.8 cm³/mol. The summed E-state index contributed by atoms with van der Waals surface area (Å²) in [4.78, 5) is 53.9. The molecule has 4 amide bonds. The summed E-state index contributed by atoms with van der Waals surface area (Å²) in [5.74, 6) is -1.04. The summed E-state index contributed by atoms with van der Waals surface area (Å²) >= 11 is 0. The third kappa shape index (κ3) is 2.35. The fraction of sp³-hybridized carbons (Fsp3) is 0.526. The number of carbonyl (C=O) groups excluding carboxylic acids is 3. The summed E-state index contributed by atoms with van der Waals surface area (Å²) in [6.07, 6.45) is 3.50. The van der Waals surface area contributed by atoms with Gasteiger partial charge in [0, 0.05) is 44.9 Å². The molecule has 2 saturated heterocycles. The molecule has 4 rings (SSSR count). The first-order chi connectivity index (χ1) is 13.3. The molecule has 0 saturated carbocycles. The van der Waals surface area contributed by atoms with E-state index in [0.29, 0.717) is 18.5 Å². The van der Waals surface area contributed by atoms with Gasteiger partial charge in [0.25, 0.3) is 5.69 Å². The van der Waals surface area contributed by atoms with Crippen LogP contribution < -0.4 is 4.90 Å². The predicted octanol–water partition coefficient (Wildman–Crippen LogP) is 1.94. The Balaban J connectivity index is 1.93. The highest BCUT2D eigenvalue weighted by Crippen LogP contribution is 2.48. The van der Waals surface area contributed by atoms with Gasteiger partial charge in [0.2, 0.25) is 11.8 Å². The second-order valence-corrected chi connectivity index (χ2v) is 7.79. The SMILES string of the molecule is CN1C(=O)N(C)C(=O)C2(Cc3cc([N+](=O)[O-])ccc3N3CCCCC[C@@H]32)C1=O. The van der Waals surface area contributed by atoms with E-state index in [-0.39, 0.29) is 18.2 Å². The average Bonchev–Trinajstić information content (AvgIpc) is 2.95. The van der Waals surface area contributed by atoms with Crippen molar-refractivity contribution in [1.29, 1.82) is 0 Å². The van der Waals surface area contributed by atoms with Crippen LogP contribution in [-0.2, 0) is 16.0 Å². The first-order valence-corrected chi connectivity index (χ1v) is 9.43. The normalized spacial score (nSPS) is 24.1. The van der Waals surface area contributed by atoms with Crippen molar-refractivity contribution in [3.8, 4) is 0 Å². The van der Waals surface area contributed by atoms with Gasteiger partial charge in [0.1, 0.15) is 0 Å². The fourth-order valence-electron chi connectivity index (χ4n) is 4.96. The minimum absolute atomic E-state index is 0.0603. The summed E-state index contributed by atoms with van der Waals surface area (Å²) in [6, 6.07) is 3.61. The Morgan fingerprint density at radius 3 is 2.39 bits per heavy atom. The maximum Gasteiger partial charge on any atom is 0.332 e. The highest BCUT2D eigenvalue weighted by molar-refractivity contribution is 6.20. The summed E-state index contributed by atoms with van der Waals surface area (Å²) < 4.78 is 0. The van der Waals surface area contributed by atoms with Crippen molar-refractivity contribution in [3.05, 3.63) is 33.9 Å². The quantitative estimate of drug-likeness (QED) is 0.415. The lowest BCUT2D eigenvalue weighted by atomic mass is 9.67. The number of hydrogen-bond donors (Lipinski definition) is 0. The highest BCUT2D eigenvalue weighted by atomic mass is 16.6. The number of carbonyl (C=O) groups is 3. The van der Waals surface area contributed by atoms with E-state index < -0.39 is 28.2 Å². The number of nitro groups is 1. The van der Waals surface area contributed by atoms with Crippen molar-refractivity contribution in [1.82, 2.24) is 9.80 Å². The zero-order valence-electron chi connectivity index (χ0n) is 15.9. The molecule has 0 unspecified atom stereocenters. The van der Waals surface area contributed by atoms with Crippen LogP contribution in [-0.4, -0.2) is 59.3 Å². The van der Waals surface area contributed by atoms with Crippen LogP contribution in [0.5, 0.6) is 0 Å². The highest BCUT2D eigenvalue weighted by Gasteiger charge is 2.63. The van der Waals surface area contributed by atoms with E-state index in [2.05, 4.69) is 4.90 Å². The molecule has 1 spiro atoms. The summed E-state index contributed by atoms with van der Waals surface area (Å²) in [7, 11) is 2.78. The molecule has 1 atom stereocenters. The molecule has 3 aliphatic rings. The van der Waals surface area contributed by atoms with Crippen LogP contribution in [0.3, 0.4) is 0 Å². The van der Waals surface area contributed by atoms with Crippen LogP contribution in [0.15, 0.2) is 18.2 Å². The van der Waals surface area contributed by atoms with E-state index in [1.165, 1.54) is 26.2 Å². The molecule has 3 heterocycles. The molecular weight excluding hydrogens is 364 g/mol. The smallest absolute Gasteiger partial charge is 0.332 e. The zero-order valence-corrected chi connectivity index (χ0v) is 15.9. The Kier molecular flexibility index (Phi) is 4.13. The molecule has 9 nitrogen and oxygen atoms in total. The van der Waals surface area contributed by atoms with E-state index in [1.807, 2.05) is 0 Å². The van der Waals surface area contributed by atoms with Crippen LogP contribution in [0.25, 0.3) is 0 Å². The summed E-state index contributed by atoms with van der Waals surface area (Å²) in [5.41, 5.74) is -0.0731. The van der Waals surface area contributed by atoms with Gasteiger partial charge < -0.3 is 4.90 Å². The van der Waals surface area contributed by atoms with Crippen LogP contribution in [0.1, 0.15) is 31.2 Å². The van der Waals surface area contributed by atoms with Crippen molar-refractivity contribution < 1.29 is 19.3 Å². The van der Waals surface area contributed by atoms with E-state index >= 15 is 0 Å². The number of non-ortho nitro benzene ring substituents is 1. The van der Waals surface area contributed by atoms with Crippen molar-refractivity contribution in [2.45, 2.75) is 38.1 Å². The van der Waals surface area contributed by atoms with Gasteiger partial charge >= 0.3 is 6.03 Å². The minimum atomic E-state index is -1.44. The van der Waals surface area contributed by atoms with Gasteiger partial charge in [0.05, 0.1) is 11.0 Å². The lowest BCUT2D eigenvalue weighted by Gasteiger charge is -2.52. The number of imide groups is 2. The van der Waals surface area contributed by atoms with Gasteiger partial charge in [-0.2, -0.15) is 0 Å². The molecule has 0 aromatic heterocycles. The second kappa shape index (κ2) is 6.29. The first kappa shape index (κ1) is 18.4. The molecule has 0 radical (unpaired) electrons. The Morgan fingerprint density at radius 2 is 1.75 bits per heavy atom. The third-order valence-electron chi connectivity index (χ3n) is 6.32. The zero-order chi connectivity index (χ0) is 20.2. The van der Waals surface area contributed by atoms with Gasteiger partial charge in [0.15, 0.2) is 5.41 Å². The molecule has 1 aromatic rings. The van der Waals surface area contributed by atoms with E-state index in [0.717, 1.165) is 34.7 Å². The van der Waals surface area contributed by atoms with E-state index in [9.17, 15) is 24.5 Å². The molecule has 0 N–H and O–H groups in total. The number of anilines is 1.